The molecule has 0 bridgehead atoms. The number of rotatable bonds is 0. The highest BCUT2D eigenvalue weighted by Crippen LogP contribution is 2.11. The lowest BCUT2D eigenvalue weighted by molar-refractivity contribution is 1.65. The Balaban J connectivity index is 0.000000213. The fourth-order valence-corrected chi connectivity index (χ4v) is 1.13. The van der Waals surface area contributed by atoms with Crippen molar-refractivity contribution in [3.8, 4) is 0 Å². The van der Waals surface area contributed by atoms with Crippen molar-refractivity contribution in [3.63, 3.8) is 0 Å². The smallest absolute Gasteiger partial charge is 0.160 e. The fourth-order valence-electron chi connectivity index (χ4n) is 1.13. The minimum absolute atomic E-state index is 0.000000000000000222. The highest BCUT2D eigenvalue weighted by Gasteiger charge is 1.85. The van der Waals surface area contributed by atoms with Gasteiger partial charge in [-0.15, -0.1) is 0 Å². The molecule has 0 aliphatic rings. The predicted molar refractivity (Wildman–Crippen MR) is 64.9 cm³/mol. The molecule has 0 atom stereocenters. The standard InChI is InChI=1S/C10H8.CH4N2S/c1-2-6-10-8-4-3-7-9(10)5-1;2-1(3)4/h1-8H;(H4,2,3,4). The van der Waals surface area contributed by atoms with E-state index < -0.39 is 0 Å². The summed E-state index contributed by atoms with van der Waals surface area (Å²) in [5.41, 5.74) is 9.24. The highest BCUT2D eigenvalue weighted by atomic mass is 32.1. The van der Waals surface area contributed by atoms with Crippen LogP contribution in [0, 0.1) is 0 Å². The van der Waals surface area contributed by atoms with Crippen LogP contribution in [-0.4, -0.2) is 5.11 Å². The Morgan fingerprint density at radius 2 is 1.00 bits per heavy atom. The summed E-state index contributed by atoms with van der Waals surface area (Å²) in [6, 6.07) is 16.7. The SMILES string of the molecule is NC(N)=S.c1ccc2ccccc2c1. The van der Waals surface area contributed by atoms with Gasteiger partial charge in [0.2, 0.25) is 0 Å². The molecule has 0 aliphatic heterocycles. The van der Waals surface area contributed by atoms with Crippen molar-refractivity contribution in [1.29, 1.82) is 0 Å². The third kappa shape index (κ3) is 3.41. The van der Waals surface area contributed by atoms with Gasteiger partial charge < -0.3 is 11.5 Å². The van der Waals surface area contributed by atoms with Crippen LogP contribution in [0.15, 0.2) is 48.5 Å². The van der Waals surface area contributed by atoms with Crippen LogP contribution in [-0.2, 0) is 0 Å². The monoisotopic (exact) mass is 204 g/mol. The number of hydrogen-bond acceptors (Lipinski definition) is 1. The average Bonchev–Trinajstić information content (AvgIpc) is 2.17. The molecule has 4 N–H and O–H groups in total. The Bertz CT molecular complexity index is 357. The van der Waals surface area contributed by atoms with Gasteiger partial charge in [0, 0.05) is 0 Å². The van der Waals surface area contributed by atoms with Crippen molar-refractivity contribution in [2.45, 2.75) is 0 Å². The van der Waals surface area contributed by atoms with Crippen LogP contribution >= 0.6 is 12.2 Å². The molecule has 72 valence electrons. The molecule has 0 fully saturated rings. The van der Waals surface area contributed by atoms with Gasteiger partial charge in [0.1, 0.15) is 0 Å². The van der Waals surface area contributed by atoms with Gasteiger partial charge in [-0.05, 0) is 23.0 Å². The van der Waals surface area contributed by atoms with E-state index in [-0.39, 0.29) is 5.11 Å². The molecule has 0 radical (unpaired) electrons. The summed E-state index contributed by atoms with van der Waals surface area (Å²) < 4.78 is 0. The number of benzene rings is 2. The molecule has 0 heterocycles. The Kier molecular flexibility index (Phi) is 3.88. The summed E-state index contributed by atoms with van der Waals surface area (Å²) in [5, 5.41) is 2.62. The molecular formula is C11H12N2S. The highest BCUT2D eigenvalue weighted by molar-refractivity contribution is 7.80. The maximum atomic E-state index is 4.62. The van der Waals surface area contributed by atoms with E-state index in [0.29, 0.717) is 0 Å². The number of thiocarbonyl (C=S) groups is 1. The van der Waals surface area contributed by atoms with Crippen LogP contribution in [0.4, 0.5) is 0 Å². The Hall–Kier alpha value is -1.61. The van der Waals surface area contributed by atoms with Crippen molar-refractivity contribution in [3.05, 3.63) is 48.5 Å². The van der Waals surface area contributed by atoms with Crippen molar-refractivity contribution < 1.29 is 0 Å². The lowest BCUT2D eigenvalue weighted by atomic mass is 10.1. The minimum atomic E-state index is 0.000000000000000222. The normalized spacial score (nSPS) is 8.86. The zero-order valence-electron chi connectivity index (χ0n) is 7.68. The second kappa shape index (κ2) is 5.19. The van der Waals surface area contributed by atoms with Gasteiger partial charge in [0.05, 0.1) is 0 Å². The van der Waals surface area contributed by atoms with Gasteiger partial charge in [0.25, 0.3) is 0 Å². The van der Waals surface area contributed by atoms with Crippen LogP contribution in [0.5, 0.6) is 0 Å². The molecule has 0 amide bonds. The number of nitrogens with two attached hydrogens (primary N) is 2. The first-order chi connectivity index (χ1) is 6.70. The average molecular weight is 204 g/mol. The van der Waals surface area contributed by atoms with E-state index in [2.05, 4.69) is 72.2 Å². The second-order valence-corrected chi connectivity index (χ2v) is 3.22. The van der Waals surface area contributed by atoms with E-state index in [0.717, 1.165) is 0 Å². The summed E-state index contributed by atoms with van der Waals surface area (Å²) in [6.45, 7) is 0. The van der Waals surface area contributed by atoms with Crippen LogP contribution in [0.1, 0.15) is 0 Å². The molecule has 2 aromatic carbocycles. The molecule has 2 rings (SSSR count). The Morgan fingerprint density at radius 3 is 1.21 bits per heavy atom. The Labute approximate surface area is 88.5 Å². The van der Waals surface area contributed by atoms with Gasteiger partial charge in [-0.1, -0.05) is 48.5 Å². The third-order valence-corrected chi connectivity index (χ3v) is 1.66. The molecule has 0 unspecified atom stereocenters. The van der Waals surface area contributed by atoms with Crippen molar-refractivity contribution in [2.24, 2.45) is 11.5 Å². The summed E-state index contributed by atoms with van der Waals surface area (Å²) in [7, 11) is 0. The molecule has 0 saturated carbocycles. The molecule has 3 heteroatoms. The van der Waals surface area contributed by atoms with Crippen molar-refractivity contribution >= 4 is 28.1 Å². The van der Waals surface area contributed by atoms with Crippen LogP contribution in [0.3, 0.4) is 0 Å². The van der Waals surface area contributed by atoms with Gasteiger partial charge in [-0.3, -0.25) is 0 Å². The van der Waals surface area contributed by atoms with Crippen LogP contribution < -0.4 is 11.5 Å². The van der Waals surface area contributed by atoms with Gasteiger partial charge in [-0.25, -0.2) is 0 Å². The maximum Gasteiger partial charge on any atom is 0.160 e. The lowest BCUT2D eigenvalue weighted by Gasteiger charge is -1.92. The van der Waals surface area contributed by atoms with Gasteiger partial charge >= 0.3 is 0 Å². The fraction of sp³-hybridized carbons (Fsp3) is 0. The first-order valence-electron chi connectivity index (χ1n) is 4.19. The molecule has 0 spiro atoms. The van der Waals surface area contributed by atoms with Gasteiger partial charge in [0.15, 0.2) is 5.11 Å². The largest absolute Gasteiger partial charge is 0.377 e. The summed E-state index contributed by atoms with van der Waals surface area (Å²) >= 11 is 4.09. The van der Waals surface area contributed by atoms with Crippen molar-refractivity contribution in [2.75, 3.05) is 0 Å². The van der Waals surface area contributed by atoms with E-state index in [1.54, 1.807) is 0 Å². The first kappa shape index (κ1) is 10.5. The molecule has 0 aliphatic carbocycles. The maximum absolute atomic E-state index is 4.62. The van der Waals surface area contributed by atoms with Crippen molar-refractivity contribution in [1.82, 2.24) is 0 Å². The third-order valence-electron chi connectivity index (χ3n) is 1.66. The lowest BCUT2D eigenvalue weighted by Crippen LogP contribution is -2.18. The van der Waals surface area contributed by atoms with Gasteiger partial charge in [-0.2, -0.15) is 0 Å². The molecule has 0 saturated heterocycles. The molecular weight excluding hydrogens is 192 g/mol. The van der Waals surface area contributed by atoms with E-state index in [9.17, 15) is 0 Å². The molecule has 14 heavy (non-hydrogen) atoms. The number of hydrogen-bond donors (Lipinski definition) is 2. The zero-order valence-corrected chi connectivity index (χ0v) is 8.50. The predicted octanol–water partition coefficient (Wildman–Crippen LogP) is 2.03. The molecule has 2 aromatic rings. The van der Waals surface area contributed by atoms with E-state index in [1.807, 2.05) is 0 Å². The van der Waals surface area contributed by atoms with E-state index in [4.69, 9.17) is 0 Å². The number of fused-ring (bicyclic) bond motifs is 1. The quantitative estimate of drug-likeness (QED) is 0.646. The summed E-state index contributed by atoms with van der Waals surface area (Å²) in [5.74, 6) is 0. The van der Waals surface area contributed by atoms with E-state index in [1.165, 1.54) is 10.8 Å². The minimum Gasteiger partial charge on any atom is -0.377 e. The topological polar surface area (TPSA) is 52.0 Å². The molecule has 0 aromatic heterocycles. The molecule has 2 nitrogen and oxygen atoms in total. The second-order valence-electron chi connectivity index (χ2n) is 2.75. The van der Waals surface area contributed by atoms with Crippen LogP contribution in [0.2, 0.25) is 0 Å². The summed E-state index contributed by atoms with van der Waals surface area (Å²) in [6.07, 6.45) is 0. The summed E-state index contributed by atoms with van der Waals surface area (Å²) in [4.78, 5) is 0. The first-order valence-corrected chi connectivity index (χ1v) is 4.59. The van der Waals surface area contributed by atoms with Crippen LogP contribution in [0.25, 0.3) is 10.8 Å². The van der Waals surface area contributed by atoms with E-state index >= 15 is 0 Å². The Morgan fingerprint density at radius 1 is 0.786 bits per heavy atom. The zero-order chi connectivity index (χ0) is 10.4.